The van der Waals surface area contributed by atoms with Crippen molar-refractivity contribution in [3.8, 4) is 55.9 Å². The molecule has 56 heavy (non-hydrogen) atoms. The SMILES string of the molecule is Cc1cc(CCc2c[c-]c(-c3ccccn3)cc2)cc(-c2ccccc2-c2c[c-]c(-c3cc(-c4ccc(C5CCCCC5)cc4)c(C(C)(C)C)cn3)cc2)c1.[Ir]. The quantitative estimate of drug-likeness (QED) is 0.135. The van der Waals surface area contributed by atoms with E-state index in [1.807, 2.05) is 24.4 Å². The van der Waals surface area contributed by atoms with Crippen LogP contribution in [0.25, 0.3) is 55.9 Å². The maximum Gasteiger partial charge on any atom is 0.0204 e. The molecule has 1 aliphatic rings. The number of hydrogen-bond acceptors (Lipinski definition) is 2. The zero-order valence-electron chi connectivity index (χ0n) is 33.0. The Kier molecular flexibility index (Phi) is 12.2. The van der Waals surface area contributed by atoms with Crippen molar-refractivity contribution in [1.82, 2.24) is 9.97 Å². The fourth-order valence-electron chi connectivity index (χ4n) is 8.29. The van der Waals surface area contributed by atoms with E-state index in [9.17, 15) is 0 Å². The second-order valence-electron chi connectivity index (χ2n) is 16.4. The molecule has 0 atom stereocenters. The normalized spacial score (nSPS) is 13.3. The van der Waals surface area contributed by atoms with Crippen molar-refractivity contribution < 1.29 is 20.1 Å². The van der Waals surface area contributed by atoms with E-state index in [0.717, 1.165) is 40.9 Å². The molecular formula is C53H50IrN2-2. The number of pyridine rings is 2. The molecule has 2 heterocycles. The van der Waals surface area contributed by atoms with E-state index in [2.05, 4.69) is 160 Å². The zero-order valence-corrected chi connectivity index (χ0v) is 35.4. The van der Waals surface area contributed by atoms with Crippen LogP contribution < -0.4 is 0 Å². The van der Waals surface area contributed by atoms with Gasteiger partial charge in [0.25, 0.3) is 0 Å². The summed E-state index contributed by atoms with van der Waals surface area (Å²) in [7, 11) is 0. The van der Waals surface area contributed by atoms with Gasteiger partial charge in [0, 0.05) is 32.5 Å². The summed E-state index contributed by atoms with van der Waals surface area (Å²) in [5.41, 5.74) is 17.9. The van der Waals surface area contributed by atoms with E-state index in [1.54, 1.807) is 0 Å². The maximum absolute atomic E-state index is 5.00. The first-order valence-corrected chi connectivity index (χ1v) is 20.0. The van der Waals surface area contributed by atoms with Gasteiger partial charge in [0.15, 0.2) is 0 Å². The van der Waals surface area contributed by atoms with Crippen LogP contribution in [-0.2, 0) is 38.4 Å². The molecule has 1 radical (unpaired) electrons. The van der Waals surface area contributed by atoms with Gasteiger partial charge in [-0.3, -0.25) is 0 Å². The molecule has 0 unspecified atom stereocenters. The Hall–Kier alpha value is -4.95. The first kappa shape index (κ1) is 39.3. The summed E-state index contributed by atoms with van der Waals surface area (Å²) in [6, 6.07) is 53.4. The summed E-state index contributed by atoms with van der Waals surface area (Å²) >= 11 is 0. The van der Waals surface area contributed by atoms with E-state index >= 15 is 0 Å². The number of hydrogen-bond donors (Lipinski definition) is 0. The third kappa shape index (κ3) is 9.02. The van der Waals surface area contributed by atoms with Gasteiger partial charge < -0.3 is 9.97 Å². The monoisotopic (exact) mass is 907 g/mol. The van der Waals surface area contributed by atoms with Gasteiger partial charge in [-0.25, -0.2) is 0 Å². The summed E-state index contributed by atoms with van der Waals surface area (Å²) in [5.74, 6) is 0.704. The van der Waals surface area contributed by atoms with Crippen LogP contribution in [0, 0.1) is 19.1 Å². The fourth-order valence-corrected chi connectivity index (χ4v) is 8.29. The number of benzene rings is 5. The molecule has 2 nitrogen and oxygen atoms in total. The second kappa shape index (κ2) is 17.5. The van der Waals surface area contributed by atoms with Crippen molar-refractivity contribution in [1.29, 1.82) is 0 Å². The van der Waals surface area contributed by atoms with Gasteiger partial charge in [-0.1, -0.05) is 148 Å². The van der Waals surface area contributed by atoms with Crippen molar-refractivity contribution >= 4 is 0 Å². The summed E-state index contributed by atoms with van der Waals surface area (Å²) in [4.78, 5) is 9.47. The second-order valence-corrected chi connectivity index (χ2v) is 16.4. The van der Waals surface area contributed by atoms with Gasteiger partial charge in [0.2, 0.25) is 0 Å². The Morgan fingerprint density at radius 3 is 1.95 bits per heavy atom. The van der Waals surface area contributed by atoms with Gasteiger partial charge in [0.05, 0.1) is 0 Å². The Bertz CT molecular complexity index is 2360. The van der Waals surface area contributed by atoms with Crippen LogP contribution in [0.2, 0.25) is 0 Å². The van der Waals surface area contributed by atoms with Gasteiger partial charge in [0.1, 0.15) is 0 Å². The van der Waals surface area contributed by atoms with Crippen molar-refractivity contribution in [2.75, 3.05) is 0 Å². The largest absolute Gasteiger partial charge is 0.305 e. The van der Waals surface area contributed by atoms with Crippen LogP contribution in [0.1, 0.15) is 86.6 Å². The van der Waals surface area contributed by atoms with Crippen molar-refractivity contribution in [3.63, 3.8) is 0 Å². The minimum absolute atomic E-state index is 0. The Balaban J connectivity index is 0.00000480. The first-order valence-electron chi connectivity index (χ1n) is 20.0. The molecule has 1 aliphatic carbocycles. The van der Waals surface area contributed by atoms with Crippen LogP contribution in [0.5, 0.6) is 0 Å². The molecule has 0 saturated heterocycles. The summed E-state index contributed by atoms with van der Waals surface area (Å²) < 4.78 is 0. The maximum atomic E-state index is 5.00. The van der Waals surface area contributed by atoms with Gasteiger partial charge in [-0.15, -0.1) is 65.2 Å². The van der Waals surface area contributed by atoms with E-state index < -0.39 is 0 Å². The molecule has 7 aromatic rings. The van der Waals surface area contributed by atoms with Crippen molar-refractivity contribution in [2.24, 2.45) is 0 Å². The number of nitrogens with zero attached hydrogens (tertiary/aromatic N) is 2. The average Bonchev–Trinajstić information content (AvgIpc) is 3.23. The molecule has 3 heteroatoms. The Morgan fingerprint density at radius 2 is 1.27 bits per heavy atom. The molecule has 8 rings (SSSR count). The minimum atomic E-state index is -0.0273. The minimum Gasteiger partial charge on any atom is -0.305 e. The molecule has 5 aromatic carbocycles. The third-order valence-electron chi connectivity index (χ3n) is 11.3. The van der Waals surface area contributed by atoms with E-state index in [1.165, 1.54) is 87.7 Å². The van der Waals surface area contributed by atoms with Crippen LogP contribution in [-0.4, -0.2) is 9.97 Å². The molecule has 1 fully saturated rings. The van der Waals surface area contributed by atoms with E-state index in [0.29, 0.717) is 5.92 Å². The standard InChI is InChI=1S/C53H50N2.Ir/c1-37-32-39(18-17-38-19-21-44(22-20-38)51-16-10-11-31-54-51)34-46(33-37)48-15-9-8-14-47(48)42-27-29-45(30-28-42)52-35-49(50(36-55-52)53(2,3)4)43-25-23-41(24-26-43)40-12-6-5-7-13-40;/h8-11,14-16,19-21,23-29,31-36,40H,5-7,12-13,17-18H2,1-4H3;/q-2;. The molecule has 2 aromatic heterocycles. The molecule has 283 valence electrons. The topological polar surface area (TPSA) is 25.8 Å². The van der Waals surface area contributed by atoms with Crippen molar-refractivity contribution in [2.45, 2.75) is 84.0 Å². The Labute approximate surface area is 347 Å². The molecule has 1 saturated carbocycles. The third-order valence-corrected chi connectivity index (χ3v) is 11.3. The predicted molar refractivity (Wildman–Crippen MR) is 230 cm³/mol. The average molecular weight is 907 g/mol. The molecule has 0 N–H and O–H groups in total. The van der Waals surface area contributed by atoms with E-state index in [4.69, 9.17) is 4.98 Å². The number of aryl methyl sites for hydroxylation is 3. The van der Waals surface area contributed by atoms with Crippen LogP contribution >= 0.6 is 0 Å². The zero-order chi connectivity index (χ0) is 37.8. The predicted octanol–water partition coefficient (Wildman–Crippen LogP) is 13.8. The molecule has 0 spiro atoms. The van der Waals surface area contributed by atoms with Crippen molar-refractivity contribution in [3.05, 3.63) is 180 Å². The number of aromatic nitrogens is 2. The molecule has 0 amide bonds. The summed E-state index contributed by atoms with van der Waals surface area (Å²) in [6.07, 6.45) is 12.6. The molecule has 0 aliphatic heterocycles. The van der Waals surface area contributed by atoms with E-state index in [-0.39, 0.29) is 25.5 Å². The molecule has 0 bridgehead atoms. The molecular weight excluding hydrogens is 857 g/mol. The van der Waals surface area contributed by atoms with Crippen LogP contribution in [0.4, 0.5) is 0 Å². The van der Waals surface area contributed by atoms with Gasteiger partial charge in [-0.05, 0) is 93.9 Å². The Morgan fingerprint density at radius 1 is 0.589 bits per heavy atom. The summed E-state index contributed by atoms with van der Waals surface area (Å²) in [6.45, 7) is 9.03. The fraction of sp³-hybridized carbons (Fsp3) is 0.245. The van der Waals surface area contributed by atoms with Gasteiger partial charge >= 0.3 is 0 Å². The van der Waals surface area contributed by atoms with Crippen LogP contribution in [0.15, 0.2) is 140 Å². The number of rotatable bonds is 9. The van der Waals surface area contributed by atoms with Gasteiger partial charge in [-0.2, -0.15) is 0 Å². The smallest absolute Gasteiger partial charge is 0.0204 e. The van der Waals surface area contributed by atoms with Crippen LogP contribution in [0.3, 0.4) is 0 Å². The first-order chi connectivity index (χ1) is 26.8. The summed E-state index contributed by atoms with van der Waals surface area (Å²) in [5, 5.41) is 0.